The average Bonchev–Trinajstić information content (AvgIpc) is 1.68. The van der Waals surface area contributed by atoms with E-state index in [9.17, 15) is 3.07 Å². The number of halogens is 2. The van der Waals surface area contributed by atoms with Crippen molar-refractivity contribution < 1.29 is 3.07 Å². The van der Waals surface area contributed by atoms with Gasteiger partial charge in [-0.05, 0) is 6.42 Å². The van der Waals surface area contributed by atoms with Crippen molar-refractivity contribution in [2.45, 2.75) is 21.7 Å². The molecule has 0 bridgehead atoms. The first kappa shape index (κ1) is 8.26. The van der Waals surface area contributed by atoms with Gasteiger partial charge in [0.2, 0.25) is 0 Å². The van der Waals surface area contributed by atoms with Crippen molar-refractivity contribution in [3.8, 4) is 0 Å². The third-order valence-corrected chi connectivity index (χ3v) is 3.69. The maximum atomic E-state index is 10.1. The lowest BCUT2D eigenvalue weighted by atomic mass is 10.4. The molecule has 0 N–H and O–H groups in total. The zero-order chi connectivity index (χ0) is 5.70. The van der Waals surface area contributed by atoms with Crippen LogP contribution in [0.5, 0.6) is 0 Å². The Hall–Kier alpha value is 1.26. The van der Waals surface area contributed by atoms with E-state index < -0.39 is 21.2 Å². The maximum Gasteiger partial charge on any atom is 0.158 e. The van der Waals surface area contributed by atoms with Gasteiger partial charge in [0.15, 0.2) is 21.2 Å². The van der Waals surface area contributed by atoms with E-state index in [0.717, 1.165) is 12.8 Å². The molecule has 0 saturated heterocycles. The second-order valence-corrected chi connectivity index (χ2v) is 7.17. The molecule has 0 aliphatic rings. The van der Waals surface area contributed by atoms with Crippen molar-refractivity contribution in [1.29, 1.82) is 0 Å². The van der Waals surface area contributed by atoms with Crippen LogP contribution in [0.1, 0.15) is 19.8 Å². The highest BCUT2D eigenvalue weighted by atomic mass is 127. The Morgan fingerprint density at radius 2 is 2.43 bits per heavy atom. The maximum absolute atomic E-state index is 10.1. The molecule has 3 heteroatoms. The van der Waals surface area contributed by atoms with Crippen molar-refractivity contribution in [3.05, 3.63) is 0 Å². The van der Waals surface area contributed by atoms with Crippen LogP contribution >= 0.6 is 43.8 Å². The van der Waals surface area contributed by atoms with E-state index >= 15 is 0 Å². The van der Waals surface area contributed by atoms with Crippen LogP contribution in [0.4, 0.5) is 0 Å². The fourth-order valence-electron chi connectivity index (χ4n) is 0.263. The monoisotopic (exact) mass is 326 g/mol. The summed E-state index contributed by atoms with van der Waals surface area (Å²) in [5, 5.41) is 0. The number of hydrogen-bond donors (Lipinski definition) is 0. The molecule has 44 valence electrons. The van der Waals surface area contributed by atoms with E-state index in [0.29, 0.717) is 1.93 Å². The predicted molar refractivity (Wildman–Crippen MR) is 47.4 cm³/mol. The van der Waals surface area contributed by atoms with Gasteiger partial charge in [-0.1, -0.05) is 35.9 Å². The van der Waals surface area contributed by atoms with Gasteiger partial charge < -0.3 is 0 Å². The number of alkyl halides is 2. The summed E-state index contributed by atoms with van der Waals surface area (Å²) < 4.78 is 10.6. The molecule has 0 aromatic carbocycles. The minimum absolute atomic E-state index is 0.474. The lowest BCUT2D eigenvalue weighted by Crippen LogP contribution is -1.80. The topological polar surface area (TPSA) is 17.1 Å². The molecule has 1 unspecified atom stereocenters. The molecule has 0 aliphatic carbocycles. The summed E-state index contributed by atoms with van der Waals surface area (Å²) in [6.45, 7) is 2.12. The molecule has 0 amide bonds. The number of hydrogen-bond acceptors (Lipinski definition) is 1. The third kappa shape index (κ3) is 5.13. The Labute approximate surface area is 68.0 Å². The minimum atomic E-state index is -0.725. The molecule has 7 heavy (non-hydrogen) atoms. The Balaban J connectivity index is 2.98. The SMILES string of the molecule is CCCC(I)I=O. The Bertz CT molecular complexity index is 55.7. The van der Waals surface area contributed by atoms with Crippen LogP contribution in [0.3, 0.4) is 0 Å². The highest BCUT2D eigenvalue weighted by Crippen LogP contribution is 2.19. The molecule has 0 fully saturated rings. The molecule has 0 radical (unpaired) electrons. The van der Waals surface area contributed by atoms with Gasteiger partial charge in [-0.2, -0.15) is 0 Å². The van der Waals surface area contributed by atoms with Gasteiger partial charge in [0.1, 0.15) is 0 Å². The fraction of sp³-hybridized carbons (Fsp3) is 1.00. The fourth-order valence-corrected chi connectivity index (χ4v) is 1.76. The highest BCUT2D eigenvalue weighted by Gasteiger charge is 1.97. The second kappa shape index (κ2) is 5.40. The highest BCUT2D eigenvalue weighted by molar-refractivity contribution is 14.2. The van der Waals surface area contributed by atoms with Crippen LogP contribution in [-0.2, 0) is 3.07 Å². The van der Waals surface area contributed by atoms with Gasteiger partial charge >= 0.3 is 0 Å². The molecular formula is C4H8I2O. The summed E-state index contributed by atoms with van der Waals surface area (Å²) in [5.41, 5.74) is 0. The minimum Gasteiger partial charge on any atom is -0.269 e. The summed E-state index contributed by atoms with van der Waals surface area (Å²) in [6, 6.07) is 0. The first-order valence-electron chi connectivity index (χ1n) is 2.21. The van der Waals surface area contributed by atoms with Crippen molar-refractivity contribution in [2.24, 2.45) is 0 Å². The summed E-state index contributed by atoms with van der Waals surface area (Å²) in [4.78, 5) is 0. The molecule has 0 rings (SSSR count). The lowest BCUT2D eigenvalue weighted by Gasteiger charge is -1.91. The van der Waals surface area contributed by atoms with Crippen LogP contribution in [0, 0.1) is 0 Å². The van der Waals surface area contributed by atoms with Crippen LogP contribution in [0.2, 0.25) is 0 Å². The molecular weight excluding hydrogens is 318 g/mol. The number of rotatable bonds is 3. The van der Waals surface area contributed by atoms with Gasteiger partial charge in [-0.15, -0.1) is 0 Å². The van der Waals surface area contributed by atoms with Crippen LogP contribution in [0.15, 0.2) is 0 Å². The summed E-state index contributed by atoms with van der Waals surface area (Å²) in [6.07, 6.45) is 2.28. The normalized spacial score (nSPS) is 14.0. The van der Waals surface area contributed by atoms with Gasteiger partial charge in [-0.3, -0.25) is 3.07 Å². The Kier molecular flexibility index (Phi) is 6.37. The van der Waals surface area contributed by atoms with Gasteiger partial charge in [0.25, 0.3) is 0 Å². The van der Waals surface area contributed by atoms with Crippen molar-refractivity contribution in [2.75, 3.05) is 0 Å². The van der Waals surface area contributed by atoms with E-state index in [-0.39, 0.29) is 0 Å². The molecule has 0 saturated carbocycles. The van der Waals surface area contributed by atoms with Crippen molar-refractivity contribution in [3.63, 3.8) is 0 Å². The second-order valence-electron chi connectivity index (χ2n) is 1.27. The zero-order valence-corrected chi connectivity index (χ0v) is 8.47. The van der Waals surface area contributed by atoms with Crippen LogP contribution < -0.4 is 0 Å². The van der Waals surface area contributed by atoms with Crippen molar-refractivity contribution in [1.82, 2.24) is 0 Å². The van der Waals surface area contributed by atoms with E-state index in [4.69, 9.17) is 0 Å². The van der Waals surface area contributed by atoms with Gasteiger partial charge in [-0.25, -0.2) is 0 Å². The smallest absolute Gasteiger partial charge is 0.158 e. The Morgan fingerprint density at radius 1 is 1.86 bits per heavy atom. The van der Waals surface area contributed by atoms with E-state index in [1.54, 1.807) is 0 Å². The molecule has 0 aliphatic heterocycles. The van der Waals surface area contributed by atoms with E-state index in [1.807, 2.05) is 0 Å². The molecule has 0 aromatic heterocycles. The summed E-state index contributed by atoms with van der Waals surface area (Å²) in [7, 11) is 0. The van der Waals surface area contributed by atoms with Crippen LogP contribution in [-0.4, -0.2) is 1.93 Å². The lowest BCUT2D eigenvalue weighted by molar-refractivity contribution is 0.646. The largest absolute Gasteiger partial charge is 0.269 e. The molecule has 0 spiro atoms. The molecule has 1 nitrogen and oxygen atoms in total. The predicted octanol–water partition coefficient (Wildman–Crippen LogP) is 2.86. The first-order chi connectivity index (χ1) is 3.31. The standard InChI is InChI=1S/C4H8I2O/c1-2-3-4(5)6-7/h4H,2-3H2,1H3. The molecule has 1 atom stereocenters. The van der Waals surface area contributed by atoms with Gasteiger partial charge in [0.05, 0.1) is 1.93 Å². The third-order valence-electron chi connectivity index (χ3n) is 0.604. The van der Waals surface area contributed by atoms with E-state index in [2.05, 4.69) is 29.5 Å². The quantitative estimate of drug-likeness (QED) is 0.576. The summed E-state index contributed by atoms with van der Waals surface area (Å²) in [5.74, 6) is 0. The average molecular weight is 326 g/mol. The van der Waals surface area contributed by atoms with Crippen molar-refractivity contribution >= 4 is 43.8 Å². The van der Waals surface area contributed by atoms with Crippen LogP contribution in [0.25, 0.3) is 0 Å². The van der Waals surface area contributed by atoms with Gasteiger partial charge in [0, 0.05) is 0 Å². The van der Waals surface area contributed by atoms with E-state index in [1.165, 1.54) is 0 Å². The summed E-state index contributed by atoms with van der Waals surface area (Å²) >= 11 is 1.52. The molecule has 0 heterocycles. The first-order valence-corrected chi connectivity index (χ1v) is 5.58. The Morgan fingerprint density at radius 3 is 2.57 bits per heavy atom. The zero-order valence-electron chi connectivity index (χ0n) is 4.16. The molecule has 0 aromatic rings.